The Kier molecular flexibility index (Phi) is 3.40. The van der Waals surface area contributed by atoms with Gasteiger partial charge in [0.1, 0.15) is 16.2 Å². The van der Waals surface area contributed by atoms with Crippen LogP contribution in [-0.4, -0.2) is 22.3 Å². The number of carbonyl (C=O) groups excluding carboxylic acids is 1. The molecule has 3 nitrogen and oxygen atoms in total. The molecule has 0 saturated carbocycles. The number of fused-ring (bicyclic) bond motifs is 1. The molecule has 0 radical (unpaired) electrons. The highest BCUT2D eigenvalue weighted by Crippen LogP contribution is 2.30. The van der Waals surface area contributed by atoms with Crippen molar-refractivity contribution in [2.75, 3.05) is 11.4 Å². The molecular formula is C16H15NO2S. The molecule has 0 aromatic heterocycles. The van der Waals surface area contributed by atoms with Gasteiger partial charge in [-0.05, 0) is 24.1 Å². The highest BCUT2D eigenvalue weighted by Gasteiger charge is 2.36. The summed E-state index contributed by atoms with van der Waals surface area (Å²) < 4.78 is 14.2. The van der Waals surface area contributed by atoms with E-state index < -0.39 is 16.2 Å². The molecule has 0 amide bonds. The van der Waals surface area contributed by atoms with E-state index in [-0.39, 0.29) is 5.78 Å². The number of hydrogen-bond donors (Lipinski definition) is 0. The van der Waals surface area contributed by atoms with Gasteiger partial charge in [0.05, 0.1) is 5.69 Å². The molecule has 0 saturated heterocycles. The second-order valence-corrected chi connectivity index (χ2v) is 6.50. The summed E-state index contributed by atoms with van der Waals surface area (Å²) in [6.45, 7) is 0. The summed E-state index contributed by atoms with van der Waals surface area (Å²) in [7, 11) is 0.446. The van der Waals surface area contributed by atoms with Gasteiger partial charge >= 0.3 is 0 Å². The first-order chi connectivity index (χ1) is 9.68. The molecule has 0 spiro atoms. The number of carbonyl (C=O) groups is 1. The molecule has 1 heterocycles. The smallest absolute Gasteiger partial charge is 0.182 e. The van der Waals surface area contributed by atoms with Crippen LogP contribution in [0.5, 0.6) is 0 Å². The number of nitrogens with zero attached hydrogens (tertiary/aromatic N) is 1. The van der Waals surface area contributed by atoms with Crippen LogP contribution in [-0.2, 0) is 17.4 Å². The summed E-state index contributed by atoms with van der Waals surface area (Å²) in [6, 6.07) is 17.1. The standard InChI is InChI=1S/C16H15NO2S/c1-17-14-10-6-5-9-13(14)16(18)15(20(17)19)11-12-7-3-2-4-8-12/h2-10,15H,11H2,1H3. The molecule has 1 aliphatic heterocycles. The van der Waals surface area contributed by atoms with E-state index in [1.54, 1.807) is 11.4 Å². The largest absolute Gasteiger partial charge is 0.293 e. The van der Waals surface area contributed by atoms with Crippen LogP contribution in [0.4, 0.5) is 5.69 Å². The van der Waals surface area contributed by atoms with E-state index in [1.165, 1.54) is 0 Å². The van der Waals surface area contributed by atoms with Crippen molar-refractivity contribution in [2.45, 2.75) is 11.7 Å². The quantitative estimate of drug-likeness (QED) is 0.850. The molecule has 0 aliphatic carbocycles. The van der Waals surface area contributed by atoms with Crippen LogP contribution in [0, 0.1) is 0 Å². The van der Waals surface area contributed by atoms with Gasteiger partial charge in [0.25, 0.3) is 0 Å². The van der Waals surface area contributed by atoms with Gasteiger partial charge in [0, 0.05) is 12.6 Å². The van der Waals surface area contributed by atoms with Gasteiger partial charge < -0.3 is 0 Å². The Bertz CT molecular complexity index is 669. The maximum atomic E-state index is 12.6. The third kappa shape index (κ3) is 2.16. The van der Waals surface area contributed by atoms with Gasteiger partial charge in [-0.3, -0.25) is 9.10 Å². The van der Waals surface area contributed by atoms with E-state index in [1.807, 2.05) is 54.6 Å². The molecule has 4 heteroatoms. The first-order valence-corrected chi connectivity index (χ1v) is 7.67. The van der Waals surface area contributed by atoms with Crippen LogP contribution in [0.2, 0.25) is 0 Å². The molecule has 0 fully saturated rings. The number of para-hydroxylation sites is 1. The van der Waals surface area contributed by atoms with Gasteiger partial charge in [0.15, 0.2) is 5.78 Å². The van der Waals surface area contributed by atoms with Crippen molar-refractivity contribution in [3.05, 3.63) is 65.7 Å². The van der Waals surface area contributed by atoms with E-state index in [0.29, 0.717) is 12.0 Å². The summed E-state index contributed by atoms with van der Waals surface area (Å²) in [5.74, 6) is -0.0270. The Labute approximate surface area is 120 Å². The minimum absolute atomic E-state index is 0.0270. The monoisotopic (exact) mass is 285 g/mol. The molecule has 102 valence electrons. The van der Waals surface area contributed by atoms with Gasteiger partial charge in [-0.15, -0.1) is 0 Å². The molecule has 2 aromatic rings. The maximum absolute atomic E-state index is 12.6. The molecule has 0 bridgehead atoms. The molecule has 0 N–H and O–H groups in total. The van der Waals surface area contributed by atoms with Gasteiger partial charge in [0.2, 0.25) is 0 Å². The van der Waals surface area contributed by atoms with Crippen LogP contribution >= 0.6 is 0 Å². The van der Waals surface area contributed by atoms with Crippen LogP contribution in [0.1, 0.15) is 15.9 Å². The molecule has 2 aromatic carbocycles. The van der Waals surface area contributed by atoms with Crippen molar-refractivity contribution < 1.29 is 9.00 Å². The van der Waals surface area contributed by atoms with Crippen LogP contribution in [0.15, 0.2) is 54.6 Å². The third-order valence-corrected chi connectivity index (χ3v) is 5.18. The van der Waals surface area contributed by atoms with Crippen LogP contribution in [0.3, 0.4) is 0 Å². The Morgan fingerprint density at radius 2 is 1.70 bits per heavy atom. The number of ketones is 1. The molecule has 2 atom stereocenters. The van der Waals surface area contributed by atoms with Crippen molar-refractivity contribution in [3.63, 3.8) is 0 Å². The van der Waals surface area contributed by atoms with E-state index in [2.05, 4.69) is 0 Å². The predicted octanol–water partition coefficient (Wildman–Crippen LogP) is 2.59. The molecule has 2 unspecified atom stereocenters. The summed E-state index contributed by atoms with van der Waals surface area (Å²) >= 11 is 0. The van der Waals surface area contributed by atoms with E-state index >= 15 is 0 Å². The lowest BCUT2D eigenvalue weighted by molar-refractivity contribution is 0.0986. The number of Topliss-reactive ketones (excluding diaryl/α,β-unsaturated/α-hetero) is 1. The summed E-state index contributed by atoms with van der Waals surface area (Å²) in [6.07, 6.45) is 0.505. The van der Waals surface area contributed by atoms with Crippen LogP contribution < -0.4 is 4.31 Å². The summed E-state index contributed by atoms with van der Waals surface area (Å²) in [4.78, 5) is 12.6. The Hall–Kier alpha value is -1.94. The van der Waals surface area contributed by atoms with E-state index in [4.69, 9.17) is 0 Å². The third-order valence-electron chi connectivity index (χ3n) is 3.58. The molecule has 1 aliphatic rings. The van der Waals surface area contributed by atoms with E-state index in [9.17, 15) is 9.00 Å². The number of anilines is 1. The lowest BCUT2D eigenvalue weighted by atomic mass is 10.0. The Morgan fingerprint density at radius 3 is 2.45 bits per heavy atom. The zero-order valence-electron chi connectivity index (χ0n) is 11.2. The highest BCUT2D eigenvalue weighted by molar-refractivity contribution is 7.88. The average Bonchev–Trinajstić information content (AvgIpc) is 2.50. The van der Waals surface area contributed by atoms with Crippen molar-refractivity contribution in [2.24, 2.45) is 0 Å². The van der Waals surface area contributed by atoms with Crippen molar-refractivity contribution in [1.82, 2.24) is 0 Å². The fourth-order valence-electron chi connectivity index (χ4n) is 2.50. The SMILES string of the molecule is CN1c2ccccc2C(=O)C(Cc2ccccc2)S1=O. The zero-order valence-corrected chi connectivity index (χ0v) is 12.0. The summed E-state index contributed by atoms with van der Waals surface area (Å²) in [5, 5.41) is -0.503. The number of benzene rings is 2. The minimum atomic E-state index is -1.33. The normalized spacial score (nSPS) is 21.6. The van der Waals surface area contributed by atoms with Crippen LogP contribution in [0.25, 0.3) is 0 Å². The first-order valence-electron chi connectivity index (χ1n) is 6.50. The Morgan fingerprint density at radius 1 is 1.05 bits per heavy atom. The van der Waals surface area contributed by atoms with Gasteiger partial charge in [-0.2, -0.15) is 0 Å². The Balaban J connectivity index is 1.97. The van der Waals surface area contributed by atoms with Crippen molar-refractivity contribution >= 4 is 22.5 Å². The molecule has 3 rings (SSSR count). The van der Waals surface area contributed by atoms with Crippen molar-refractivity contribution in [1.29, 1.82) is 0 Å². The lowest BCUT2D eigenvalue weighted by Gasteiger charge is -2.31. The first kappa shape index (κ1) is 13.1. The predicted molar refractivity (Wildman–Crippen MR) is 81.3 cm³/mol. The zero-order chi connectivity index (χ0) is 14.1. The highest BCUT2D eigenvalue weighted by atomic mass is 32.2. The van der Waals surface area contributed by atoms with Gasteiger partial charge in [-0.1, -0.05) is 42.5 Å². The maximum Gasteiger partial charge on any atom is 0.182 e. The summed E-state index contributed by atoms with van der Waals surface area (Å²) in [5.41, 5.74) is 2.45. The van der Waals surface area contributed by atoms with Crippen molar-refractivity contribution in [3.8, 4) is 0 Å². The topological polar surface area (TPSA) is 37.4 Å². The fraction of sp³-hybridized carbons (Fsp3) is 0.188. The fourth-order valence-corrected chi connectivity index (χ4v) is 3.88. The number of hydrogen-bond acceptors (Lipinski definition) is 2. The minimum Gasteiger partial charge on any atom is -0.293 e. The van der Waals surface area contributed by atoms with E-state index in [0.717, 1.165) is 11.3 Å². The second kappa shape index (κ2) is 5.21. The number of rotatable bonds is 2. The molecular weight excluding hydrogens is 270 g/mol. The second-order valence-electron chi connectivity index (χ2n) is 4.83. The van der Waals surface area contributed by atoms with Gasteiger partial charge in [-0.25, -0.2) is 4.21 Å². The molecule has 20 heavy (non-hydrogen) atoms. The average molecular weight is 285 g/mol. The lowest BCUT2D eigenvalue weighted by Crippen LogP contribution is -2.42.